The van der Waals surface area contributed by atoms with Gasteiger partial charge in [0, 0.05) is 43.8 Å². The van der Waals surface area contributed by atoms with E-state index in [0.717, 1.165) is 44.7 Å². The van der Waals surface area contributed by atoms with Gasteiger partial charge in [-0.1, -0.05) is 26.7 Å². The number of amides is 1. The van der Waals surface area contributed by atoms with E-state index in [4.69, 9.17) is 11.5 Å². The molecule has 1 saturated carbocycles. The van der Waals surface area contributed by atoms with Crippen molar-refractivity contribution >= 4 is 5.91 Å². The Hall–Kier alpha value is -0.770. The van der Waals surface area contributed by atoms with Gasteiger partial charge in [-0.05, 0) is 50.4 Å². The highest BCUT2D eigenvalue weighted by molar-refractivity contribution is 5.77. The fourth-order valence-electron chi connectivity index (χ4n) is 6.30. The Bertz CT molecular complexity index is 596. The molecule has 8 N–H and O–H groups in total. The standard InChI is InChI=1S/C23H45N7O/c1-14(2)19-10-17(11-20(28-19)15-6-3-4-7-15)27-22-18(21(25)31)12-26-23(29-22)30-9-5-8-16(24)13-30/h14-20,22-23,26-29H,3-13,24H2,1-2H3,(H2,25,31)/t16-,17?,18?,19?,20?,22?,23?/m0/s1. The Morgan fingerprint density at radius 1 is 1.10 bits per heavy atom. The summed E-state index contributed by atoms with van der Waals surface area (Å²) < 4.78 is 0. The van der Waals surface area contributed by atoms with E-state index in [-0.39, 0.29) is 30.3 Å². The molecule has 7 atom stereocenters. The maximum Gasteiger partial charge on any atom is 0.224 e. The van der Waals surface area contributed by atoms with Gasteiger partial charge in [0.05, 0.1) is 12.1 Å². The summed E-state index contributed by atoms with van der Waals surface area (Å²) in [5.74, 6) is 0.894. The Morgan fingerprint density at radius 3 is 2.55 bits per heavy atom. The van der Waals surface area contributed by atoms with Gasteiger partial charge in [-0.2, -0.15) is 0 Å². The molecule has 6 unspecified atom stereocenters. The first-order chi connectivity index (χ1) is 14.9. The first-order valence-corrected chi connectivity index (χ1v) is 12.7. The van der Waals surface area contributed by atoms with Crippen LogP contribution in [0, 0.1) is 17.8 Å². The van der Waals surface area contributed by atoms with Crippen LogP contribution >= 0.6 is 0 Å². The maximum absolute atomic E-state index is 12.2. The van der Waals surface area contributed by atoms with Crippen LogP contribution < -0.4 is 32.7 Å². The molecule has 3 heterocycles. The predicted octanol–water partition coefficient (Wildman–Crippen LogP) is 0.239. The number of piperidine rings is 2. The molecule has 0 spiro atoms. The normalized spacial score (nSPS) is 41.0. The third kappa shape index (κ3) is 5.78. The molecule has 1 amide bonds. The zero-order valence-corrected chi connectivity index (χ0v) is 19.5. The topological polar surface area (TPSA) is 120 Å². The van der Waals surface area contributed by atoms with Crippen molar-refractivity contribution in [3.05, 3.63) is 0 Å². The van der Waals surface area contributed by atoms with Gasteiger partial charge in [0.1, 0.15) is 6.29 Å². The molecule has 0 bridgehead atoms. The zero-order chi connectivity index (χ0) is 22.0. The van der Waals surface area contributed by atoms with Crippen molar-refractivity contribution in [2.24, 2.45) is 29.2 Å². The lowest BCUT2D eigenvalue weighted by Crippen LogP contribution is -2.72. The molecule has 0 aromatic rings. The average Bonchev–Trinajstić information content (AvgIpc) is 3.28. The minimum Gasteiger partial charge on any atom is -0.369 e. The van der Waals surface area contributed by atoms with Crippen LogP contribution in [0.4, 0.5) is 0 Å². The second kappa shape index (κ2) is 10.4. The fourth-order valence-corrected chi connectivity index (χ4v) is 6.30. The van der Waals surface area contributed by atoms with Crippen molar-refractivity contribution in [2.75, 3.05) is 19.6 Å². The molecule has 8 heteroatoms. The van der Waals surface area contributed by atoms with E-state index in [1.54, 1.807) is 0 Å². The minimum absolute atomic E-state index is 0.0349. The summed E-state index contributed by atoms with van der Waals surface area (Å²) in [6.07, 6.45) is 9.79. The largest absolute Gasteiger partial charge is 0.369 e. The van der Waals surface area contributed by atoms with Crippen LogP contribution in [0.5, 0.6) is 0 Å². The van der Waals surface area contributed by atoms with Crippen LogP contribution in [-0.4, -0.2) is 67.1 Å². The van der Waals surface area contributed by atoms with Crippen LogP contribution in [-0.2, 0) is 4.79 Å². The molecule has 0 radical (unpaired) electrons. The molecule has 8 nitrogen and oxygen atoms in total. The summed E-state index contributed by atoms with van der Waals surface area (Å²) in [5, 5.41) is 15.0. The van der Waals surface area contributed by atoms with Gasteiger partial charge in [-0.25, -0.2) is 0 Å². The minimum atomic E-state index is -0.257. The number of carbonyl (C=O) groups is 1. The number of primary amides is 1. The lowest BCUT2D eigenvalue weighted by molar-refractivity contribution is -0.124. The number of nitrogens with two attached hydrogens (primary N) is 2. The molecule has 178 valence electrons. The number of likely N-dealkylation sites (tertiary alicyclic amines) is 1. The number of carbonyl (C=O) groups excluding carboxylic acids is 1. The third-order valence-electron chi connectivity index (χ3n) is 8.18. The lowest BCUT2D eigenvalue weighted by Gasteiger charge is -2.47. The molecule has 4 aliphatic rings. The van der Waals surface area contributed by atoms with Crippen LogP contribution in [0.25, 0.3) is 0 Å². The van der Waals surface area contributed by atoms with Crippen molar-refractivity contribution in [3.8, 4) is 0 Å². The molecule has 4 fully saturated rings. The van der Waals surface area contributed by atoms with Crippen molar-refractivity contribution < 1.29 is 4.79 Å². The van der Waals surface area contributed by atoms with E-state index in [0.29, 0.717) is 30.6 Å². The van der Waals surface area contributed by atoms with E-state index in [1.165, 1.54) is 25.7 Å². The molecule has 4 rings (SSSR count). The predicted molar refractivity (Wildman–Crippen MR) is 124 cm³/mol. The van der Waals surface area contributed by atoms with Crippen molar-refractivity contribution in [1.29, 1.82) is 0 Å². The first-order valence-electron chi connectivity index (χ1n) is 12.7. The molecule has 31 heavy (non-hydrogen) atoms. The molecule has 0 aromatic heterocycles. The van der Waals surface area contributed by atoms with E-state index in [2.05, 4.69) is 40.0 Å². The van der Waals surface area contributed by atoms with Crippen molar-refractivity contribution in [2.45, 2.75) is 102 Å². The van der Waals surface area contributed by atoms with E-state index in [1.807, 2.05) is 0 Å². The molecule has 0 aromatic carbocycles. The lowest BCUT2D eigenvalue weighted by atomic mass is 9.82. The summed E-state index contributed by atoms with van der Waals surface area (Å²) >= 11 is 0. The van der Waals surface area contributed by atoms with Gasteiger partial charge < -0.3 is 16.8 Å². The quantitative estimate of drug-likeness (QED) is 0.353. The highest BCUT2D eigenvalue weighted by Gasteiger charge is 2.40. The molecule has 3 saturated heterocycles. The van der Waals surface area contributed by atoms with Crippen LogP contribution in [0.15, 0.2) is 0 Å². The number of nitrogens with one attached hydrogen (secondary N) is 4. The maximum atomic E-state index is 12.2. The van der Waals surface area contributed by atoms with E-state index >= 15 is 0 Å². The monoisotopic (exact) mass is 435 g/mol. The SMILES string of the molecule is CC(C)C1CC(NC2NC(N3CCC[C@H](N)C3)NCC2C(N)=O)CC(C2CCCC2)N1. The van der Waals surface area contributed by atoms with Gasteiger partial charge >= 0.3 is 0 Å². The van der Waals surface area contributed by atoms with Crippen LogP contribution in [0.2, 0.25) is 0 Å². The van der Waals surface area contributed by atoms with Crippen molar-refractivity contribution in [1.82, 2.24) is 26.2 Å². The fraction of sp³-hybridized carbons (Fsp3) is 0.957. The summed E-state index contributed by atoms with van der Waals surface area (Å²) in [5.41, 5.74) is 12.0. The summed E-state index contributed by atoms with van der Waals surface area (Å²) in [6, 6.07) is 1.70. The Morgan fingerprint density at radius 2 is 1.87 bits per heavy atom. The third-order valence-corrected chi connectivity index (χ3v) is 8.18. The van der Waals surface area contributed by atoms with Gasteiger partial charge in [0.15, 0.2) is 0 Å². The van der Waals surface area contributed by atoms with Gasteiger partial charge in [0.2, 0.25) is 5.91 Å². The van der Waals surface area contributed by atoms with Gasteiger partial charge in [-0.3, -0.25) is 25.6 Å². The Labute approximate surface area is 188 Å². The number of rotatable bonds is 6. The second-order valence-electron chi connectivity index (χ2n) is 10.9. The molecular weight excluding hydrogens is 390 g/mol. The summed E-state index contributed by atoms with van der Waals surface area (Å²) in [7, 11) is 0. The molecule has 1 aliphatic carbocycles. The average molecular weight is 436 g/mol. The molecule has 3 aliphatic heterocycles. The van der Waals surface area contributed by atoms with Gasteiger partial charge in [-0.15, -0.1) is 0 Å². The highest BCUT2D eigenvalue weighted by atomic mass is 16.1. The zero-order valence-electron chi connectivity index (χ0n) is 19.5. The Balaban J connectivity index is 1.43. The van der Waals surface area contributed by atoms with E-state index < -0.39 is 0 Å². The smallest absolute Gasteiger partial charge is 0.224 e. The van der Waals surface area contributed by atoms with Crippen LogP contribution in [0.3, 0.4) is 0 Å². The Kier molecular flexibility index (Phi) is 7.88. The highest BCUT2D eigenvalue weighted by Crippen LogP contribution is 2.33. The number of hydrogen-bond donors (Lipinski definition) is 6. The number of nitrogens with zero attached hydrogens (tertiary/aromatic N) is 1. The first kappa shape index (κ1) is 23.4. The van der Waals surface area contributed by atoms with Crippen molar-refractivity contribution in [3.63, 3.8) is 0 Å². The summed E-state index contributed by atoms with van der Waals surface area (Å²) in [6.45, 7) is 7.14. The van der Waals surface area contributed by atoms with E-state index in [9.17, 15) is 4.79 Å². The van der Waals surface area contributed by atoms with Gasteiger partial charge in [0.25, 0.3) is 0 Å². The number of hydrogen-bond acceptors (Lipinski definition) is 7. The summed E-state index contributed by atoms with van der Waals surface area (Å²) in [4.78, 5) is 14.6. The molecular formula is C23H45N7O. The van der Waals surface area contributed by atoms with Crippen LogP contribution in [0.1, 0.15) is 65.2 Å². The second-order valence-corrected chi connectivity index (χ2v) is 10.9.